The fourth-order valence-electron chi connectivity index (χ4n) is 2.69. The number of aromatic nitrogens is 1. The molecule has 150 valence electrons. The lowest BCUT2D eigenvalue weighted by molar-refractivity contribution is -0.116. The largest absolute Gasteiger partial charge is 0.379 e. The summed E-state index contributed by atoms with van der Waals surface area (Å²) >= 11 is 9.35. The Morgan fingerprint density at radius 3 is 2.64 bits per heavy atom. The molecule has 1 amide bonds. The number of nitrogens with one attached hydrogen (secondary N) is 1. The monoisotopic (exact) mass is 489 g/mol. The van der Waals surface area contributed by atoms with Gasteiger partial charge in [-0.2, -0.15) is 4.31 Å². The van der Waals surface area contributed by atoms with Gasteiger partial charge in [0.1, 0.15) is 11.4 Å². The molecular weight excluding hydrogens is 474 g/mol. The lowest BCUT2D eigenvalue weighted by Crippen LogP contribution is -2.40. The number of amides is 1. The summed E-state index contributed by atoms with van der Waals surface area (Å²) in [4.78, 5) is 24.0. The standard InChI is InChI=1S/C17H17BrClN3O5S/c18-12-1-4-17(24)21(10-12)11-16(23)20-13-2-3-14(19)15(9-13)28(25,26)22-5-7-27-8-6-22/h1-4,9-10H,5-8,11H2,(H,20,23). The van der Waals surface area contributed by atoms with Crippen molar-refractivity contribution >= 4 is 49.1 Å². The summed E-state index contributed by atoms with van der Waals surface area (Å²) in [6.07, 6.45) is 1.50. The Kier molecular flexibility index (Phi) is 6.56. The van der Waals surface area contributed by atoms with E-state index in [1.165, 1.54) is 39.3 Å². The maximum Gasteiger partial charge on any atom is 0.251 e. The Balaban J connectivity index is 1.80. The molecule has 3 rings (SSSR count). The lowest BCUT2D eigenvalue weighted by atomic mass is 10.3. The van der Waals surface area contributed by atoms with E-state index in [4.69, 9.17) is 16.3 Å². The van der Waals surface area contributed by atoms with Crippen molar-refractivity contribution in [1.82, 2.24) is 8.87 Å². The predicted octanol–water partition coefficient (Wildman–Crippen LogP) is 1.92. The SMILES string of the molecule is O=C(Cn1cc(Br)ccc1=O)Nc1ccc(Cl)c(S(=O)(=O)N2CCOCC2)c1. The minimum absolute atomic E-state index is 0.0627. The third-order valence-corrected chi connectivity index (χ3v) is 6.91. The zero-order valence-corrected chi connectivity index (χ0v) is 17.8. The normalized spacial score (nSPS) is 15.4. The Morgan fingerprint density at radius 1 is 1.21 bits per heavy atom. The number of pyridine rings is 1. The maximum atomic E-state index is 12.8. The molecule has 1 N–H and O–H groups in total. The molecule has 0 spiro atoms. The van der Waals surface area contributed by atoms with E-state index in [9.17, 15) is 18.0 Å². The van der Waals surface area contributed by atoms with E-state index < -0.39 is 15.9 Å². The first kappa shape index (κ1) is 21.0. The Labute approximate surface area is 175 Å². The van der Waals surface area contributed by atoms with Crippen LogP contribution in [0, 0.1) is 0 Å². The second-order valence-electron chi connectivity index (χ2n) is 6.02. The van der Waals surface area contributed by atoms with E-state index >= 15 is 0 Å². The molecule has 0 bridgehead atoms. The van der Waals surface area contributed by atoms with Gasteiger partial charge in [-0.05, 0) is 40.2 Å². The van der Waals surface area contributed by atoms with Crippen LogP contribution >= 0.6 is 27.5 Å². The van der Waals surface area contributed by atoms with Gasteiger partial charge < -0.3 is 14.6 Å². The van der Waals surface area contributed by atoms with Crippen LogP contribution in [0.3, 0.4) is 0 Å². The topological polar surface area (TPSA) is 97.7 Å². The number of rotatable bonds is 5. The van der Waals surface area contributed by atoms with Crippen LogP contribution in [0.2, 0.25) is 5.02 Å². The molecule has 2 heterocycles. The molecule has 0 saturated carbocycles. The van der Waals surface area contributed by atoms with E-state index in [1.807, 2.05) is 0 Å². The first-order valence-corrected chi connectivity index (χ1v) is 10.9. The van der Waals surface area contributed by atoms with Gasteiger partial charge in [0, 0.05) is 35.5 Å². The average molecular weight is 491 g/mol. The number of benzene rings is 1. The lowest BCUT2D eigenvalue weighted by Gasteiger charge is -2.26. The number of halogens is 2. The van der Waals surface area contributed by atoms with Gasteiger partial charge in [-0.3, -0.25) is 9.59 Å². The molecule has 0 radical (unpaired) electrons. The number of carbonyl (C=O) groups excluding carboxylic acids is 1. The molecule has 2 aromatic rings. The van der Waals surface area contributed by atoms with Gasteiger partial charge in [-0.1, -0.05) is 11.6 Å². The van der Waals surface area contributed by atoms with Crippen molar-refractivity contribution in [1.29, 1.82) is 0 Å². The molecule has 1 aliphatic rings. The van der Waals surface area contributed by atoms with Gasteiger partial charge in [-0.15, -0.1) is 0 Å². The van der Waals surface area contributed by atoms with Crippen molar-refractivity contribution in [2.24, 2.45) is 0 Å². The van der Waals surface area contributed by atoms with Crippen LogP contribution in [0.5, 0.6) is 0 Å². The van der Waals surface area contributed by atoms with Crippen LogP contribution in [0.4, 0.5) is 5.69 Å². The van der Waals surface area contributed by atoms with Crippen LogP contribution < -0.4 is 10.9 Å². The summed E-state index contributed by atoms with van der Waals surface area (Å²) < 4.78 is 34.1. The molecule has 1 aliphatic heterocycles. The van der Waals surface area contributed by atoms with Gasteiger partial charge in [0.2, 0.25) is 15.9 Å². The van der Waals surface area contributed by atoms with E-state index in [0.29, 0.717) is 17.7 Å². The minimum Gasteiger partial charge on any atom is -0.379 e. The van der Waals surface area contributed by atoms with Crippen LogP contribution in [0.25, 0.3) is 0 Å². The fraction of sp³-hybridized carbons (Fsp3) is 0.294. The molecule has 1 fully saturated rings. The zero-order valence-electron chi connectivity index (χ0n) is 14.6. The van der Waals surface area contributed by atoms with Crippen LogP contribution in [-0.2, 0) is 26.1 Å². The van der Waals surface area contributed by atoms with Gasteiger partial charge >= 0.3 is 0 Å². The van der Waals surface area contributed by atoms with Crippen molar-refractivity contribution in [3.63, 3.8) is 0 Å². The Bertz CT molecular complexity index is 1050. The summed E-state index contributed by atoms with van der Waals surface area (Å²) in [6, 6.07) is 7.15. The smallest absolute Gasteiger partial charge is 0.251 e. The molecule has 1 aromatic heterocycles. The molecule has 28 heavy (non-hydrogen) atoms. The third-order valence-electron chi connectivity index (χ3n) is 4.06. The number of sulfonamides is 1. The number of carbonyl (C=O) groups is 1. The summed E-state index contributed by atoms with van der Waals surface area (Å²) in [5.41, 5.74) is -0.0608. The first-order valence-electron chi connectivity index (χ1n) is 8.31. The molecule has 1 saturated heterocycles. The zero-order chi connectivity index (χ0) is 20.3. The summed E-state index contributed by atoms with van der Waals surface area (Å²) in [6.45, 7) is 0.887. The number of morpholine rings is 1. The highest BCUT2D eigenvalue weighted by Crippen LogP contribution is 2.28. The van der Waals surface area contributed by atoms with E-state index in [-0.39, 0.29) is 40.8 Å². The number of ether oxygens (including phenoxy) is 1. The number of nitrogens with zero attached hydrogens (tertiary/aromatic N) is 2. The highest BCUT2D eigenvalue weighted by atomic mass is 79.9. The molecule has 8 nitrogen and oxygen atoms in total. The fourth-order valence-corrected chi connectivity index (χ4v) is 4.97. The molecule has 0 atom stereocenters. The molecular formula is C17H17BrClN3O5S. The predicted molar refractivity (Wildman–Crippen MR) is 108 cm³/mol. The van der Waals surface area contributed by atoms with E-state index in [0.717, 1.165) is 0 Å². The molecule has 0 aliphatic carbocycles. The second-order valence-corrected chi connectivity index (χ2v) is 9.25. The molecule has 11 heteroatoms. The van der Waals surface area contributed by atoms with Crippen molar-refractivity contribution in [2.75, 3.05) is 31.6 Å². The Morgan fingerprint density at radius 2 is 1.93 bits per heavy atom. The quantitative estimate of drug-likeness (QED) is 0.691. The average Bonchev–Trinajstić information content (AvgIpc) is 2.67. The summed E-state index contributed by atoms with van der Waals surface area (Å²) in [5.74, 6) is -0.475. The van der Waals surface area contributed by atoms with Crippen molar-refractivity contribution in [2.45, 2.75) is 11.4 Å². The summed E-state index contributed by atoms with van der Waals surface area (Å²) in [7, 11) is -3.81. The van der Waals surface area contributed by atoms with E-state index in [1.54, 1.807) is 6.07 Å². The van der Waals surface area contributed by atoms with Gasteiger partial charge in [0.05, 0.1) is 18.2 Å². The number of anilines is 1. The molecule has 1 aromatic carbocycles. The van der Waals surface area contributed by atoms with Crippen molar-refractivity contribution < 1.29 is 17.9 Å². The maximum absolute atomic E-state index is 12.8. The Hall–Kier alpha value is -1.72. The van der Waals surface area contributed by atoms with Gasteiger partial charge in [-0.25, -0.2) is 8.42 Å². The van der Waals surface area contributed by atoms with Crippen molar-refractivity contribution in [3.05, 3.63) is 56.4 Å². The minimum atomic E-state index is -3.81. The second kappa shape index (κ2) is 8.75. The number of hydrogen-bond acceptors (Lipinski definition) is 5. The highest BCUT2D eigenvalue weighted by molar-refractivity contribution is 9.10. The van der Waals surface area contributed by atoms with Crippen LogP contribution in [0.1, 0.15) is 0 Å². The van der Waals surface area contributed by atoms with Gasteiger partial charge in [0.15, 0.2) is 0 Å². The van der Waals surface area contributed by atoms with Crippen LogP contribution in [-0.4, -0.2) is 49.5 Å². The third kappa shape index (κ3) is 4.81. The first-order chi connectivity index (χ1) is 13.3. The van der Waals surface area contributed by atoms with Crippen molar-refractivity contribution in [3.8, 4) is 0 Å². The van der Waals surface area contributed by atoms with E-state index in [2.05, 4.69) is 21.2 Å². The molecule has 0 unspecified atom stereocenters. The van der Waals surface area contributed by atoms with Gasteiger partial charge in [0.25, 0.3) is 5.56 Å². The number of hydrogen-bond donors (Lipinski definition) is 1. The van der Waals surface area contributed by atoms with Crippen LogP contribution in [0.15, 0.2) is 50.7 Å². The highest BCUT2D eigenvalue weighted by Gasteiger charge is 2.28. The summed E-state index contributed by atoms with van der Waals surface area (Å²) in [5, 5.41) is 2.66.